The number of esters is 1. The number of ether oxygens (including phenoxy) is 1. The molecule has 5 nitrogen and oxygen atoms in total. The number of carbonyl (C=O) groups is 1. The zero-order valence-corrected chi connectivity index (χ0v) is 24.9. The Morgan fingerprint density at radius 2 is 1.89 bits per heavy atom. The highest BCUT2D eigenvalue weighted by Gasteiger charge is 2.42. The van der Waals surface area contributed by atoms with Crippen molar-refractivity contribution in [2.45, 2.75) is 83.5 Å². The molecule has 0 radical (unpaired) electrons. The van der Waals surface area contributed by atoms with Crippen molar-refractivity contribution in [2.75, 3.05) is 26.7 Å². The van der Waals surface area contributed by atoms with Gasteiger partial charge in [0.1, 0.15) is 0 Å². The molecular formula is C31H46N2O3Si. The lowest BCUT2D eigenvalue weighted by Crippen LogP contribution is -2.45. The van der Waals surface area contributed by atoms with Gasteiger partial charge in [-0.3, -0.25) is 9.78 Å². The zero-order chi connectivity index (χ0) is 26.8. The maximum atomic E-state index is 12.9. The molecule has 4 rings (SSSR count). The Balaban J connectivity index is 1.51. The van der Waals surface area contributed by atoms with Crippen LogP contribution in [0.5, 0.6) is 0 Å². The molecular weight excluding hydrogens is 476 g/mol. The van der Waals surface area contributed by atoms with Gasteiger partial charge in [0.15, 0.2) is 8.32 Å². The van der Waals surface area contributed by atoms with Gasteiger partial charge in [-0.05, 0) is 91.9 Å². The summed E-state index contributed by atoms with van der Waals surface area (Å²) in [5, 5.41) is 0.148. The first-order valence-corrected chi connectivity index (χ1v) is 16.9. The molecule has 0 amide bonds. The number of fused-ring (bicyclic) bond motifs is 1. The van der Waals surface area contributed by atoms with Crippen molar-refractivity contribution in [3.63, 3.8) is 0 Å². The number of rotatable bonds is 6. The third-order valence-electron chi connectivity index (χ3n) is 9.15. The van der Waals surface area contributed by atoms with Gasteiger partial charge < -0.3 is 14.1 Å². The molecule has 202 valence electrons. The molecule has 1 fully saturated rings. The van der Waals surface area contributed by atoms with Crippen molar-refractivity contribution >= 4 is 14.3 Å². The predicted octanol–water partition coefficient (Wildman–Crippen LogP) is 6.68. The van der Waals surface area contributed by atoms with Crippen LogP contribution in [-0.4, -0.2) is 50.9 Å². The molecule has 1 aliphatic heterocycles. The summed E-state index contributed by atoms with van der Waals surface area (Å²) in [6, 6.07) is 12.8. The molecule has 1 aliphatic carbocycles. The molecule has 0 spiro atoms. The van der Waals surface area contributed by atoms with Crippen LogP contribution in [0.3, 0.4) is 0 Å². The van der Waals surface area contributed by atoms with E-state index < -0.39 is 8.32 Å². The number of pyridine rings is 1. The maximum absolute atomic E-state index is 12.9. The van der Waals surface area contributed by atoms with E-state index in [0.29, 0.717) is 5.92 Å². The molecule has 2 aliphatic rings. The number of aromatic nitrogens is 1. The second kappa shape index (κ2) is 11.4. The van der Waals surface area contributed by atoms with Gasteiger partial charge in [-0.15, -0.1) is 0 Å². The SMILES string of the molecule is COC(=O)C1CN(C[C@@H]2CCc3cccnc3[C@@H](O[Si](C)(C)C(C)(C)C)C2)CCC1c1ccccc1C. The minimum Gasteiger partial charge on any atom is -0.469 e. The maximum Gasteiger partial charge on any atom is 0.310 e. The average Bonchev–Trinajstić information content (AvgIpc) is 3.02. The molecule has 0 saturated carbocycles. The molecule has 1 aromatic heterocycles. The van der Waals surface area contributed by atoms with Crippen molar-refractivity contribution in [1.82, 2.24) is 9.88 Å². The van der Waals surface area contributed by atoms with Crippen LogP contribution in [0.25, 0.3) is 0 Å². The first-order valence-electron chi connectivity index (χ1n) is 14.0. The molecule has 2 unspecified atom stereocenters. The van der Waals surface area contributed by atoms with Crippen LogP contribution in [0, 0.1) is 18.8 Å². The highest BCUT2D eigenvalue weighted by molar-refractivity contribution is 6.74. The van der Waals surface area contributed by atoms with Crippen LogP contribution in [0.2, 0.25) is 18.1 Å². The van der Waals surface area contributed by atoms with Crippen molar-refractivity contribution in [3.05, 3.63) is 65.0 Å². The van der Waals surface area contributed by atoms with E-state index in [1.54, 1.807) is 0 Å². The lowest BCUT2D eigenvalue weighted by molar-refractivity contribution is -0.148. The van der Waals surface area contributed by atoms with Crippen molar-refractivity contribution in [1.29, 1.82) is 0 Å². The second-order valence-electron chi connectivity index (χ2n) is 12.7. The standard InChI is InChI=1S/C31H46N2O3Si/c1-22-11-8-9-13-25(22)26-16-18-33(21-27(26)30(34)35-5)20-23-14-15-24-12-10-17-32-29(24)28(19-23)36-37(6,7)31(2,3)4/h8-13,17,23,26-28H,14-16,18-21H2,1-7H3/t23-,26?,27?,28+/m1/s1. The summed E-state index contributed by atoms with van der Waals surface area (Å²) in [6.07, 6.45) is 6.06. The highest BCUT2D eigenvalue weighted by atomic mass is 28.4. The molecule has 1 saturated heterocycles. The highest BCUT2D eigenvalue weighted by Crippen LogP contribution is 2.43. The van der Waals surface area contributed by atoms with Gasteiger partial charge in [-0.1, -0.05) is 51.1 Å². The Morgan fingerprint density at radius 3 is 2.59 bits per heavy atom. The summed E-state index contributed by atoms with van der Waals surface area (Å²) in [4.78, 5) is 20.3. The van der Waals surface area contributed by atoms with Gasteiger partial charge in [0, 0.05) is 19.3 Å². The molecule has 6 heteroatoms. The van der Waals surface area contributed by atoms with E-state index in [2.05, 4.69) is 82.1 Å². The van der Waals surface area contributed by atoms with E-state index in [0.717, 1.165) is 51.0 Å². The molecule has 0 N–H and O–H groups in total. The Bertz CT molecular complexity index is 1080. The third-order valence-corrected chi connectivity index (χ3v) is 13.6. The number of likely N-dealkylation sites (tertiary alicyclic amines) is 1. The normalized spacial score (nSPS) is 25.3. The Hall–Kier alpha value is -2.02. The van der Waals surface area contributed by atoms with Crippen LogP contribution in [0.15, 0.2) is 42.6 Å². The molecule has 1 aromatic carbocycles. The predicted molar refractivity (Wildman–Crippen MR) is 152 cm³/mol. The minimum atomic E-state index is -1.96. The monoisotopic (exact) mass is 522 g/mol. The zero-order valence-electron chi connectivity index (χ0n) is 23.9. The summed E-state index contributed by atoms with van der Waals surface area (Å²) in [5.74, 6) is 0.484. The summed E-state index contributed by atoms with van der Waals surface area (Å²) in [7, 11) is -0.440. The fraction of sp³-hybridized carbons (Fsp3) is 0.613. The number of piperidine rings is 1. The number of methoxy groups -OCH3 is 1. The number of carbonyl (C=O) groups excluding carboxylic acids is 1. The van der Waals surface area contributed by atoms with E-state index >= 15 is 0 Å². The number of nitrogens with zero attached hydrogens (tertiary/aromatic N) is 2. The molecule has 0 bridgehead atoms. The van der Waals surface area contributed by atoms with E-state index in [4.69, 9.17) is 14.1 Å². The van der Waals surface area contributed by atoms with E-state index in [-0.39, 0.29) is 28.9 Å². The van der Waals surface area contributed by atoms with Crippen LogP contribution < -0.4 is 0 Å². The van der Waals surface area contributed by atoms with Crippen LogP contribution in [0.4, 0.5) is 0 Å². The van der Waals surface area contributed by atoms with Crippen LogP contribution in [0.1, 0.15) is 74.4 Å². The number of hydrogen-bond acceptors (Lipinski definition) is 5. The molecule has 4 atom stereocenters. The summed E-state index contributed by atoms with van der Waals surface area (Å²) in [5.41, 5.74) is 5.02. The molecule has 2 aromatic rings. The second-order valence-corrected chi connectivity index (χ2v) is 17.5. The first-order chi connectivity index (χ1) is 17.5. The molecule has 2 heterocycles. The van der Waals surface area contributed by atoms with Crippen molar-refractivity contribution < 1.29 is 14.0 Å². The van der Waals surface area contributed by atoms with Crippen molar-refractivity contribution in [3.8, 4) is 0 Å². The number of hydrogen-bond donors (Lipinski definition) is 0. The molecule has 37 heavy (non-hydrogen) atoms. The lowest BCUT2D eigenvalue weighted by Gasteiger charge is -2.41. The summed E-state index contributed by atoms with van der Waals surface area (Å²) < 4.78 is 12.3. The Kier molecular flexibility index (Phi) is 8.61. The Labute approximate surface area is 225 Å². The Morgan fingerprint density at radius 1 is 1.14 bits per heavy atom. The van der Waals surface area contributed by atoms with Gasteiger partial charge in [-0.2, -0.15) is 0 Å². The first kappa shape index (κ1) is 28.0. The van der Waals surface area contributed by atoms with Crippen LogP contribution >= 0.6 is 0 Å². The lowest BCUT2D eigenvalue weighted by atomic mass is 9.78. The van der Waals surface area contributed by atoms with Gasteiger partial charge in [0.05, 0.1) is 24.8 Å². The topological polar surface area (TPSA) is 51.7 Å². The van der Waals surface area contributed by atoms with E-state index in [1.807, 2.05) is 6.20 Å². The third kappa shape index (κ3) is 6.35. The van der Waals surface area contributed by atoms with Crippen molar-refractivity contribution in [2.24, 2.45) is 11.8 Å². The number of benzene rings is 1. The van der Waals surface area contributed by atoms with Crippen LogP contribution in [-0.2, 0) is 20.4 Å². The summed E-state index contributed by atoms with van der Waals surface area (Å²) in [6.45, 7) is 16.5. The quantitative estimate of drug-likeness (QED) is 0.240. The van der Waals surface area contributed by atoms with Gasteiger partial charge >= 0.3 is 5.97 Å². The van der Waals surface area contributed by atoms with E-state index in [1.165, 1.54) is 23.8 Å². The smallest absolute Gasteiger partial charge is 0.310 e. The minimum absolute atomic E-state index is 0.0329. The largest absolute Gasteiger partial charge is 0.469 e. The fourth-order valence-corrected chi connectivity index (χ4v) is 7.23. The van der Waals surface area contributed by atoms with Gasteiger partial charge in [-0.25, -0.2) is 0 Å². The fourth-order valence-electron chi connectivity index (χ4n) is 5.96. The number of aryl methyl sites for hydroxylation is 2. The average molecular weight is 523 g/mol. The summed E-state index contributed by atoms with van der Waals surface area (Å²) >= 11 is 0. The van der Waals surface area contributed by atoms with Gasteiger partial charge in [0.25, 0.3) is 0 Å². The van der Waals surface area contributed by atoms with E-state index in [9.17, 15) is 4.79 Å². The van der Waals surface area contributed by atoms with Gasteiger partial charge in [0.2, 0.25) is 0 Å².